The molecule has 1 saturated heterocycles. The molecular formula is C17H17ClN2O4. The van der Waals surface area contributed by atoms with Crippen LogP contribution in [0, 0.1) is 10.1 Å². The number of hydrogen-bond donors (Lipinski definition) is 1. The van der Waals surface area contributed by atoms with Crippen LogP contribution in [0.3, 0.4) is 0 Å². The van der Waals surface area contributed by atoms with Crippen LogP contribution in [0.1, 0.15) is 12.0 Å². The van der Waals surface area contributed by atoms with Crippen molar-refractivity contribution >= 4 is 23.0 Å². The van der Waals surface area contributed by atoms with Gasteiger partial charge in [0.1, 0.15) is 17.5 Å². The second-order valence-corrected chi connectivity index (χ2v) is 6.05. The Morgan fingerprint density at radius 3 is 2.83 bits per heavy atom. The normalized spacial score (nSPS) is 17.1. The predicted octanol–water partition coefficient (Wildman–Crippen LogP) is 3.40. The molecule has 0 spiro atoms. The van der Waals surface area contributed by atoms with Gasteiger partial charge in [0, 0.05) is 19.0 Å². The Labute approximate surface area is 144 Å². The number of nitro benzene ring substituents is 1. The average Bonchev–Trinajstić information content (AvgIpc) is 3.04. The van der Waals surface area contributed by atoms with Crippen molar-refractivity contribution in [2.75, 3.05) is 18.0 Å². The minimum atomic E-state index is -0.404. The second kappa shape index (κ2) is 7.07. The highest BCUT2D eigenvalue weighted by molar-refractivity contribution is 6.32. The number of aliphatic hydroxyl groups is 1. The highest BCUT2D eigenvalue weighted by atomic mass is 35.5. The third-order valence-corrected chi connectivity index (χ3v) is 4.35. The van der Waals surface area contributed by atoms with Gasteiger partial charge in [0.05, 0.1) is 23.1 Å². The van der Waals surface area contributed by atoms with Gasteiger partial charge in [-0.2, -0.15) is 0 Å². The van der Waals surface area contributed by atoms with E-state index in [1.165, 1.54) is 6.07 Å². The van der Waals surface area contributed by atoms with Gasteiger partial charge in [-0.25, -0.2) is 0 Å². The molecule has 1 N–H and O–H groups in total. The van der Waals surface area contributed by atoms with E-state index in [2.05, 4.69) is 0 Å². The van der Waals surface area contributed by atoms with Crippen LogP contribution in [0.25, 0.3) is 0 Å². The molecule has 0 aliphatic carbocycles. The second-order valence-electron chi connectivity index (χ2n) is 5.64. The van der Waals surface area contributed by atoms with Crippen molar-refractivity contribution in [3.8, 4) is 5.75 Å². The molecule has 0 bridgehead atoms. The van der Waals surface area contributed by atoms with Crippen molar-refractivity contribution in [1.29, 1.82) is 0 Å². The molecule has 0 radical (unpaired) electrons. The maximum Gasteiger partial charge on any atom is 0.292 e. The first-order valence-electron chi connectivity index (χ1n) is 7.63. The van der Waals surface area contributed by atoms with E-state index in [1.807, 2.05) is 17.0 Å². The van der Waals surface area contributed by atoms with E-state index < -0.39 is 4.92 Å². The first-order valence-corrected chi connectivity index (χ1v) is 8.00. The zero-order valence-corrected chi connectivity index (χ0v) is 13.6. The van der Waals surface area contributed by atoms with Gasteiger partial charge in [0.15, 0.2) is 0 Å². The van der Waals surface area contributed by atoms with Gasteiger partial charge >= 0.3 is 0 Å². The molecule has 3 rings (SSSR count). The van der Waals surface area contributed by atoms with Crippen LogP contribution in [0.2, 0.25) is 5.02 Å². The average molecular weight is 349 g/mol. The largest absolute Gasteiger partial charge is 0.487 e. The van der Waals surface area contributed by atoms with E-state index in [9.17, 15) is 15.2 Å². The SMILES string of the molecule is O=[N+]([O-])c1ccc(CO)cc1N1CCC(Oc2ccccc2Cl)C1. The lowest BCUT2D eigenvalue weighted by molar-refractivity contribution is -0.384. The van der Waals surface area contributed by atoms with Crippen molar-refractivity contribution in [3.63, 3.8) is 0 Å². The first kappa shape index (κ1) is 16.5. The van der Waals surface area contributed by atoms with E-state index in [0.717, 1.165) is 6.42 Å². The molecule has 2 aromatic rings. The summed E-state index contributed by atoms with van der Waals surface area (Å²) in [5.74, 6) is 0.615. The Balaban J connectivity index is 1.78. The lowest BCUT2D eigenvalue weighted by atomic mass is 10.1. The van der Waals surface area contributed by atoms with Crippen LogP contribution < -0.4 is 9.64 Å². The van der Waals surface area contributed by atoms with Gasteiger partial charge in [-0.3, -0.25) is 10.1 Å². The third-order valence-electron chi connectivity index (χ3n) is 4.04. The number of aliphatic hydroxyl groups excluding tert-OH is 1. The lowest BCUT2D eigenvalue weighted by Crippen LogP contribution is -2.25. The molecule has 1 unspecified atom stereocenters. The van der Waals surface area contributed by atoms with Crippen molar-refractivity contribution in [3.05, 3.63) is 63.2 Å². The minimum Gasteiger partial charge on any atom is -0.487 e. The van der Waals surface area contributed by atoms with Crippen molar-refractivity contribution in [1.82, 2.24) is 0 Å². The molecule has 0 aromatic heterocycles. The number of nitro groups is 1. The molecule has 126 valence electrons. The molecule has 7 heteroatoms. The first-order chi connectivity index (χ1) is 11.6. The molecular weight excluding hydrogens is 332 g/mol. The zero-order valence-electron chi connectivity index (χ0n) is 12.9. The van der Waals surface area contributed by atoms with E-state index >= 15 is 0 Å². The van der Waals surface area contributed by atoms with Crippen LogP contribution >= 0.6 is 11.6 Å². The highest BCUT2D eigenvalue weighted by Crippen LogP contribution is 2.33. The van der Waals surface area contributed by atoms with Gasteiger partial charge in [0.25, 0.3) is 5.69 Å². The maximum absolute atomic E-state index is 11.3. The number of nitrogens with zero attached hydrogens (tertiary/aromatic N) is 2. The molecule has 6 nitrogen and oxygen atoms in total. The molecule has 1 heterocycles. The van der Waals surface area contributed by atoms with Crippen LogP contribution in [0.4, 0.5) is 11.4 Å². The summed E-state index contributed by atoms with van der Waals surface area (Å²) >= 11 is 6.11. The number of para-hydroxylation sites is 1. The Morgan fingerprint density at radius 2 is 2.12 bits per heavy atom. The van der Waals surface area contributed by atoms with Crippen LogP contribution in [0.15, 0.2) is 42.5 Å². The molecule has 1 aliphatic rings. The fraction of sp³-hybridized carbons (Fsp3) is 0.294. The Kier molecular flexibility index (Phi) is 4.87. The smallest absolute Gasteiger partial charge is 0.292 e. The van der Waals surface area contributed by atoms with Gasteiger partial charge in [-0.15, -0.1) is 0 Å². The summed E-state index contributed by atoms with van der Waals surface area (Å²) in [5.41, 5.74) is 1.19. The summed E-state index contributed by atoms with van der Waals surface area (Å²) in [6, 6.07) is 11.9. The number of ether oxygens (including phenoxy) is 1. The van der Waals surface area contributed by atoms with Gasteiger partial charge in [-0.05, 0) is 29.8 Å². The van der Waals surface area contributed by atoms with Gasteiger partial charge in [0.2, 0.25) is 0 Å². The molecule has 2 aromatic carbocycles. The van der Waals surface area contributed by atoms with E-state index in [4.69, 9.17) is 16.3 Å². The molecule has 0 saturated carbocycles. The van der Waals surface area contributed by atoms with Gasteiger partial charge < -0.3 is 14.7 Å². The van der Waals surface area contributed by atoms with Gasteiger partial charge in [-0.1, -0.05) is 23.7 Å². The summed E-state index contributed by atoms with van der Waals surface area (Å²) in [5, 5.41) is 21.1. The summed E-state index contributed by atoms with van der Waals surface area (Å²) < 4.78 is 5.92. The highest BCUT2D eigenvalue weighted by Gasteiger charge is 2.29. The quantitative estimate of drug-likeness (QED) is 0.662. The number of halogens is 1. The Bertz CT molecular complexity index is 753. The van der Waals surface area contributed by atoms with Crippen LogP contribution in [0.5, 0.6) is 5.75 Å². The Hall–Kier alpha value is -2.31. The number of anilines is 1. The molecule has 1 fully saturated rings. The number of rotatable bonds is 5. The minimum absolute atomic E-state index is 0.0330. The Morgan fingerprint density at radius 1 is 1.33 bits per heavy atom. The number of benzene rings is 2. The standard InChI is InChI=1S/C17H17ClN2O4/c18-14-3-1-2-4-17(14)24-13-7-8-19(10-13)16-9-12(11-21)5-6-15(16)20(22)23/h1-6,9,13,21H,7-8,10-11H2. The topological polar surface area (TPSA) is 75.8 Å². The van der Waals surface area contributed by atoms with Crippen LogP contribution in [-0.4, -0.2) is 29.2 Å². The third kappa shape index (κ3) is 3.44. The lowest BCUT2D eigenvalue weighted by Gasteiger charge is -2.20. The predicted molar refractivity (Wildman–Crippen MR) is 91.7 cm³/mol. The summed E-state index contributed by atoms with van der Waals surface area (Å²) in [4.78, 5) is 12.8. The summed E-state index contributed by atoms with van der Waals surface area (Å²) in [7, 11) is 0. The zero-order chi connectivity index (χ0) is 17.1. The fourth-order valence-corrected chi connectivity index (χ4v) is 3.02. The molecule has 0 amide bonds. The molecule has 1 atom stereocenters. The molecule has 1 aliphatic heterocycles. The number of hydrogen-bond acceptors (Lipinski definition) is 5. The maximum atomic E-state index is 11.3. The molecule has 24 heavy (non-hydrogen) atoms. The van der Waals surface area contributed by atoms with Crippen molar-refractivity contribution in [2.45, 2.75) is 19.1 Å². The van der Waals surface area contributed by atoms with Crippen molar-refractivity contribution in [2.24, 2.45) is 0 Å². The van der Waals surface area contributed by atoms with Crippen molar-refractivity contribution < 1.29 is 14.8 Å². The van der Waals surface area contributed by atoms with E-state index in [-0.39, 0.29) is 18.4 Å². The summed E-state index contributed by atoms with van der Waals surface area (Å²) in [6.45, 7) is 1.02. The van der Waals surface area contributed by atoms with Crippen LogP contribution in [-0.2, 0) is 6.61 Å². The van der Waals surface area contributed by atoms with E-state index in [0.29, 0.717) is 35.1 Å². The summed E-state index contributed by atoms with van der Waals surface area (Å²) in [6.07, 6.45) is 0.647. The monoisotopic (exact) mass is 348 g/mol. The van der Waals surface area contributed by atoms with E-state index in [1.54, 1.807) is 24.3 Å². The fourth-order valence-electron chi connectivity index (χ4n) is 2.84.